The van der Waals surface area contributed by atoms with Crippen molar-refractivity contribution in [2.45, 2.75) is 74.7 Å². The zero-order chi connectivity index (χ0) is 44.5. The van der Waals surface area contributed by atoms with E-state index in [0.717, 1.165) is 39.7 Å². The average molecular weight is 811 g/mol. The number of aromatic nitrogens is 3. The predicted octanol–water partition coefficient (Wildman–Crippen LogP) is 11.3. The van der Waals surface area contributed by atoms with Crippen molar-refractivity contribution in [1.82, 2.24) is 20.4 Å². The molecule has 0 fully saturated rings. The molecule has 0 spiro atoms. The first-order valence-corrected chi connectivity index (χ1v) is 19.9. The summed E-state index contributed by atoms with van der Waals surface area (Å²) in [6.07, 6.45) is 15.1. The van der Waals surface area contributed by atoms with Crippen LogP contribution in [0.1, 0.15) is 91.0 Å². The number of anilines is 5. The van der Waals surface area contributed by atoms with Gasteiger partial charge in [0.15, 0.2) is 17.3 Å². The van der Waals surface area contributed by atoms with Crippen LogP contribution in [0.4, 0.5) is 28.7 Å². The van der Waals surface area contributed by atoms with Crippen LogP contribution >= 0.6 is 0 Å². The van der Waals surface area contributed by atoms with Gasteiger partial charge in [-0.25, -0.2) is 9.97 Å². The lowest BCUT2D eigenvalue weighted by molar-refractivity contribution is 0.102. The number of nitrogen functional groups attached to an aromatic ring is 1. The molecule has 5 rings (SSSR count). The first-order valence-electron chi connectivity index (χ1n) is 19.9. The summed E-state index contributed by atoms with van der Waals surface area (Å²) >= 11 is 0. The SMILES string of the molecule is C=C(NC1=NCC(C(C)(C)C)=C1)Nc1ccc(NC(=O)c2nccnc2N)cc1.C=C(Nc1ccc(C(=C)/C=C/C(/C=C\C)=C/C)cc1)Nc1cc(C(C)(C)C)on1.CC. The molecule has 0 saturated heterocycles. The second kappa shape index (κ2) is 22.3. The number of hydrogen-bond donors (Lipinski definition) is 6. The van der Waals surface area contributed by atoms with Crippen LogP contribution in [0.3, 0.4) is 0 Å². The molecule has 0 saturated carbocycles. The minimum Gasteiger partial charge on any atom is -0.382 e. The first kappa shape index (κ1) is 47.4. The Bertz CT molecular complexity index is 2240. The monoisotopic (exact) mass is 811 g/mol. The van der Waals surface area contributed by atoms with E-state index in [9.17, 15) is 4.79 Å². The number of rotatable bonds is 13. The van der Waals surface area contributed by atoms with Crippen molar-refractivity contribution >= 4 is 46.0 Å². The third-order valence-electron chi connectivity index (χ3n) is 8.60. The third-order valence-corrected chi connectivity index (χ3v) is 8.60. The molecule has 0 atom stereocenters. The van der Waals surface area contributed by atoms with Crippen molar-refractivity contribution in [2.75, 3.05) is 33.5 Å². The Morgan fingerprint density at radius 1 is 0.750 bits per heavy atom. The molecule has 3 heterocycles. The molecule has 1 aliphatic heterocycles. The van der Waals surface area contributed by atoms with Crippen LogP contribution in [-0.4, -0.2) is 33.4 Å². The Morgan fingerprint density at radius 3 is 1.83 bits per heavy atom. The number of carbonyl (C=O) groups excluding carboxylic acids is 1. The quantitative estimate of drug-likeness (QED) is 0.0715. The lowest BCUT2D eigenvalue weighted by atomic mass is 9.87. The highest BCUT2D eigenvalue weighted by Crippen LogP contribution is 2.28. The van der Waals surface area contributed by atoms with Crippen LogP contribution in [-0.2, 0) is 5.41 Å². The minimum absolute atomic E-state index is 0.0872. The lowest BCUT2D eigenvalue weighted by Gasteiger charge is -2.18. The maximum absolute atomic E-state index is 12.2. The highest BCUT2D eigenvalue weighted by atomic mass is 16.5. The molecule has 2 aromatic heterocycles. The molecule has 60 heavy (non-hydrogen) atoms. The van der Waals surface area contributed by atoms with Gasteiger partial charge in [-0.05, 0) is 84.0 Å². The molecule has 1 amide bonds. The van der Waals surface area contributed by atoms with E-state index in [0.29, 0.717) is 29.7 Å². The van der Waals surface area contributed by atoms with E-state index in [-0.39, 0.29) is 22.3 Å². The van der Waals surface area contributed by atoms with Gasteiger partial charge in [0, 0.05) is 40.9 Å². The van der Waals surface area contributed by atoms with Gasteiger partial charge in [-0.3, -0.25) is 9.79 Å². The van der Waals surface area contributed by atoms with E-state index in [4.69, 9.17) is 10.3 Å². The van der Waals surface area contributed by atoms with E-state index >= 15 is 0 Å². The number of carbonyl (C=O) groups is 1. The van der Waals surface area contributed by atoms with Gasteiger partial charge in [0.25, 0.3) is 5.91 Å². The average Bonchev–Trinajstić information content (AvgIpc) is 3.89. The number of amides is 1. The van der Waals surface area contributed by atoms with Crippen molar-refractivity contribution in [2.24, 2.45) is 10.4 Å². The molecule has 4 aromatic rings. The van der Waals surface area contributed by atoms with Gasteiger partial charge in [-0.1, -0.05) is 123 Å². The Balaban J connectivity index is 0.000000308. The molecule has 0 bridgehead atoms. The van der Waals surface area contributed by atoms with Gasteiger partial charge in [-0.2, -0.15) is 0 Å². The molecule has 12 nitrogen and oxygen atoms in total. The van der Waals surface area contributed by atoms with Crippen LogP contribution in [0.25, 0.3) is 5.57 Å². The summed E-state index contributed by atoms with van der Waals surface area (Å²) in [6, 6.07) is 17.1. The maximum Gasteiger partial charge on any atom is 0.278 e. The van der Waals surface area contributed by atoms with Crippen molar-refractivity contribution in [3.05, 3.63) is 163 Å². The smallest absolute Gasteiger partial charge is 0.278 e. The van der Waals surface area contributed by atoms with Gasteiger partial charge in [0.2, 0.25) is 0 Å². The largest absolute Gasteiger partial charge is 0.382 e. The molecular formula is C48H62N10O2. The summed E-state index contributed by atoms with van der Waals surface area (Å²) in [7, 11) is 0. The summed E-state index contributed by atoms with van der Waals surface area (Å²) < 4.78 is 5.38. The van der Waals surface area contributed by atoms with E-state index in [2.05, 4.69) is 132 Å². The molecule has 0 aliphatic carbocycles. The van der Waals surface area contributed by atoms with Crippen LogP contribution in [0.15, 0.2) is 155 Å². The van der Waals surface area contributed by atoms with Crippen LogP contribution in [0.2, 0.25) is 0 Å². The van der Waals surface area contributed by atoms with Gasteiger partial charge in [0.1, 0.15) is 23.2 Å². The zero-order valence-electron chi connectivity index (χ0n) is 36.8. The summed E-state index contributed by atoms with van der Waals surface area (Å²) in [5.41, 5.74) is 12.6. The number of nitrogens with two attached hydrogens (primary N) is 1. The molecule has 7 N–H and O–H groups in total. The van der Waals surface area contributed by atoms with Crippen molar-refractivity contribution in [3.8, 4) is 0 Å². The van der Waals surface area contributed by atoms with E-state index < -0.39 is 5.91 Å². The van der Waals surface area contributed by atoms with Crippen LogP contribution < -0.4 is 32.3 Å². The number of aliphatic imine (C=N–C) groups is 1. The second-order valence-corrected chi connectivity index (χ2v) is 15.5. The van der Waals surface area contributed by atoms with Crippen molar-refractivity contribution in [1.29, 1.82) is 0 Å². The minimum atomic E-state index is -0.414. The molecule has 0 radical (unpaired) electrons. The Morgan fingerprint density at radius 2 is 1.32 bits per heavy atom. The summed E-state index contributed by atoms with van der Waals surface area (Å²) in [5.74, 6) is 3.14. The zero-order valence-corrected chi connectivity index (χ0v) is 36.8. The number of nitrogens with zero attached hydrogens (tertiary/aromatic N) is 4. The van der Waals surface area contributed by atoms with Crippen LogP contribution in [0, 0.1) is 5.41 Å². The van der Waals surface area contributed by atoms with Crippen molar-refractivity contribution in [3.63, 3.8) is 0 Å². The number of benzene rings is 2. The van der Waals surface area contributed by atoms with E-state index in [1.54, 1.807) is 12.1 Å². The summed E-state index contributed by atoms with van der Waals surface area (Å²) in [4.78, 5) is 24.5. The molecular weight excluding hydrogens is 749 g/mol. The normalized spacial score (nSPS) is 12.6. The maximum atomic E-state index is 12.2. The summed E-state index contributed by atoms with van der Waals surface area (Å²) in [6.45, 7) is 33.6. The Kier molecular flexibility index (Phi) is 17.6. The van der Waals surface area contributed by atoms with Gasteiger partial charge in [0.05, 0.1) is 6.54 Å². The van der Waals surface area contributed by atoms with E-state index in [1.807, 2.05) is 82.3 Å². The van der Waals surface area contributed by atoms with Gasteiger partial charge in [-0.15, -0.1) is 0 Å². The predicted molar refractivity (Wildman–Crippen MR) is 253 cm³/mol. The van der Waals surface area contributed by atoms with E-state index in [1.165, 1.54) is 18.0 Å². The fourth-order valence-electron chi connectivity index (χ4n) is 5.22. The lowest BCUT2D eigenvalue weighted by Crippen LogP contribution is -2.24. The van der Waals surface area contributed by atoms with Gasteiger partial charge >= 0.3 is 0 Å². The third kappa shape index (κ3) is 15.1. The molecule has 12 heteroatoms. The molecule has 2 aromatic carbocycles. The number of nitrogens with one attached hydrogen (secondary N) is 5. The summed E-state index contributed by atoms with van der Waals surface area (Å²) in [5, 5.41) is 19.5. The Labute approximate surface area is 356 Å². The number of hydrogen-bond acceptors (Lipinski definition) is 11. The highest BCUT2D eigenvalue weighted by Gasteiger charge is 2.21. The van der Waals surface area contributed by atoms with Crippen LogP contribution in [0.5, 0.6) is 0 Å². The fourth-order valence-corrected chi connectivity index (χ4v) is 5.22. The fraction of sp³-hybridized carbons (Fsp3) is 0.271. The number of allylic oxidation sites excluding steroid dienone is 7. The first-order chi connectivity index (χ1) is 28.4. The Hall–Kier alpha value is -6.95. The molecule has 316 valence electrons. The topological polar surface area (TPSA) is 167 Å². The number of amidine groups is 1. The standard InChI is InChI=1S/C25H31N3O.C21H25N7O.C2H6/c1-8-10-20(9-2)12-11-18(3)21-13-15-22(16-14-21)26-19(4)27-24-17-23(29-28-24)25(5,6)7;1-13(27-17-11-14(12-25-17)21(2,3)4)26-15-5-7-16(8-6-15)28-20(29)18-19(22)24-10-9-23-18;1-2/h8-17,26H,3-4H2,1-2,5-7H3,(H,27,28);5-11,26H,1,12H2,2-4H3,(H2,22,24)(H,25,27)(H,28,29);1-2H3/b10-8-,12-11+,20-9+;;. The second-order valence-electron chi connectivity index (χ2n) is 15.5. The highest BCUT2D eigenvalue weighted by molar-refractivity contribution is 6.05. The van der Waals surface area contributed by atoms with Gasteiger partial charge < -0.3 is 36.8 Å². The van der Waals surface area contributed by atoms with Crippen molar-refractivity contribution < 1.29 is 9.32 Å². The molecule has 0 unspecified atom stereocenters. The molecule has 1 aliphatic rings.